The van der Waals surface area contributed by atoms with Crippen LogP contribution >= 0.6 is 0 Å². The molecule has 0 aliphatic carbocycles. The largest absolute Gasteiger partial charge is 0.457 e. The fraction of sp³-hybridized carbons (Fsp3) is 0.0769. The monoisotopic (exact) mass is 515 g/mol. The molecule has 0 N–H and O–H groups in total. The van der Waals surface area contributed by atoms with Crippen LogP contribution in [0.1, 0.15) is 10.4 Å². The number of sulfonamides is 1. The standard InChI is InChI=1S/C26H21N5O5S/c1-30-25-23(24(29-30)18-6-4-3-5-7-18)16-19(17-28-25)26(32)36-31(2)37(33,34)22-10-8-20(9-11-22)35-21-12-14-27-15-13-21/h3-17H,1-2H3. The molecule has 0 unspecified atom stereocenters. The third-order valence-corrected chi connectivity index (χ3v) is 7.14. The molecule has 0 aliphatic rings. The number of nitrogens with zero attached hydrogens (tertiary/aromatic N) is 5. The first kappa shape index (κ1) is 24.1. The van der Waals surface area contributed by atoms with Crippen molar-refractivity contribution in [1.29, 1.82) is 0 Å². The molecule has 5 aromatic rings. The van der Waals surface area contributed by atoms with E-state index in [1.807, 2.05) is 30.3 Å². The Morgan fingerprint density at radius 1 is 0.946 bits per heavy atom. The zero-order valence-corrected chi connectivity index (χ0v) is 20.7. The van der Waals surface area contributed by atoms with Gasteiger partial charge >= 0.3 is 5.97 Å². The van der Waals surface area contributed by atoms with Crippen molar-refractivity contribution in [3.63, 3.8) is 0 Å². The Morgan fingerprint density at radius 3 is 2.32 bits per heavy atom. The number of rotatable bonds is 7. The molecule has 3 heterocycles. The maximum Gasteiger partial charge on any atom is 0.359 e. The Bertz CT molecular complexity index is 1670. The molecule has 186 valence electrons. The van der Waals surface area contributed by atoms with Gasteiger partial charge in [0, 0.05) is 43.6 Å². The molecule has 37 heavy (non-hydrogen) atoms. The fourth-order valence-corrected chi connectivity index (χ4v) is 4.59. The molecule has 0 bridgehead atoms. The second-order valence-corrected chi connectivity index (χ2v) is 9.92. The van der Waals surface area contributed by atoms with E-state index in [1.54, 1.807) is 42.3 Å². The molecule has 2 aromatic carbocycles. The minimum absolute atomic E-state index is 0.0721. The number of carbonyl (C=O) groups is 1. The Kier molecular flexibility index (Phi) is 6.38. The maximum absolute atomic E-state index is 13.0. The zero-order valence-electron chi connectivity index (χ0n) is 19.8. The third kappa shape index (κ3) is 4.90. The minimum Gasteiger partial charge on any atom is -0.457 e. The van der Waals surface area contributed by atoms with Crippen molar-refractivity contribution in [2.24, 2.45) is 7.05 Å². The van der Waals surface area contributed by atoms with E-state index in [0.717, 1.165) is 12.6 Å². The second kappa shape index (κ2) is 9.80. The minimum atomic E-state index is -4.13. The number of hydrogen-bond donors (Lipinski definition) is 0. The normalized spacial score (nSPS) is 11.5. The first-order valence-electron chi connectivity index (χ1n) is 11.1. The van der Waals surface area contributed by atoms with Crippen LogP contribution in [0.3, 0.4) is 0 Å². The number of ether oxygens (including phenoxy) is 1. The number of hydroxylamine groups is 1. The number of carbonyl (C=O) groups excluding carboxylic acids is 1. The first-order valence-corrected chi connectivity index (χ1v) is 12.5. The summed E-state index contributed by atoms with van der Waals surface area (Å²) in [7, 11) is -1.22. The van der Waals surface area contributed by atoms with Gasteiger partial charge in [-0.1, -0.05) is 30.3 Å². The lowest BCUT2D eigenvalue weighted by molar-refractivity contribution is -0.0295. The van der Waals surface area contributed by atoms with Gasteiger partial charge in [-0.25, -0.2) is 22.9 Å². The van der Waals surface area contributed by atoms with E-state index < -0.39 is 16.0 Å². The van der Waals surface area contributed by atoms with Crippen LogP contribution in [0.5, 0.6) is 11.5 Å². The number of fused-ring (bicyclic) bond motifs is 1. The Balaban J connectivity index is 1.34. The molecule has 3 aromatic heterocycles. The number of aromatic nitrogens is 4. The number of benzene rings is 2. The summed E-state index contributed by atoms with van der Waals surface area (Å²) in [6.45, 7) is 0. The van der Waals surface area contributed by atoms with Crippen molar-refractivity contribution in [3.05, 3.63) is 97.0 Å². The summed E-state index contributed by atoms with van der Waals surface area (Å²) in [5.74, 6) is 0.127. The molecule has 0 amide bonds. The summed E-state index contributed by atoms with van der Waals surface area (Å²) in [6.07, 6.45) is 4.50. The summed E-state index contributed by atoms with van der Waals surface area (Å²) in [6, 6.07) is 20.2. The van der Waals surface area contributed by atoms with Gasteiger partial charge in [0.1, 0.15) is 17.2 Å². The van der Waals surface area contributed by atoms with Gasteiger partial charge in [-0.05, 0) is 46.9 Å². The summed E-state index contributed by atoms with van der Waals surface area (Å²) >= 11 is 0. The average Bonchev–Trinajstić information content (AvgIpc) is 3.25. The van der Waals surface area contributed by atoms with E-state index >= 15 is 0 Å². The third-order valence-electron chi connectivity index (χ3n) is 5.52. The van der Waals surface area contributed by atoms with Gasteiger partial charge in [0.05, 0.1) is 10.5 Å². The van der Waals surface area contributed by atoms with Crippen LogP contribution in [0.25, 0.3) is 22.3 Å². The van der Waals surface area contributed by atoms with Crippen molar-refractivity contribution in [2.75, 3.05) is 7.05 Å². The van der Waals surface area contributed by atoms with Gasteiger partial charge in [0.2, 0.25) is 0 Å². The molecule has 11 heteroatoms. The van der Waals surface area contributed by atoms with Gasteiger partial charge in [0.25, 0.3) is 10.0 Å². The van der Waals surface area contributed by atoms with E-state index in [-0.39, 0.29) is 10.5 Å². The molecule has 0 aliphatic heterocycles. The molecular weight excluding hydrogens is 494 g/mol. The highest BCUT2D eigenvalue weighted by Gasteiger charge is 2.26. The second-order valence-electron chi connectivity index (χ2n) is 7.98. The molecule has 0 radical (unpaired) electrons. The van der Waals surface area contributed by atoms with Crippen LogP contribution in [0.15, 0.2) is 96.3 Å². The van der Waals surface area contributed by atoms with Crippen LogP contribution in [-0.2, 0) is 21.9 Å². The number of pyridine rings is 2. The quantitative estimate of drug-likeness (QED) is 0.296. The molecule has 0 atom stereocenters. The zero-order chi connectivity index (χ0) is 26.0. The molecule has 10 nitrogen and oxygen atoms in total. The van der Waals surface area contributed by atoms with Crippen molar-refractivity contribution in [3.8, 4) is 22.8 Å². The smallest absolute Gasteiger partial charge is 0.359 e. The van der Waals surface area contributed by atoms with Crippen molar-refractivity contribution < 1.29 is 22.8 Å². The van der Waals surface area contributed by atoms with Crippen LogP contribution in [-0.4, -0.2) is 45.7 Å². The lowest BCUT2D eigenvalue weighted by Crippen LogP contribution is -2.30. The van der Waals surface area contributed by atoms with Crippen molar-refractivity contribution in [2.45, 2.75) is 4.90 Å². The van der Waals surface area contributed by atoms with Crippen LogP contribution in [0.2, 0.25) is 0 Å². The van der Waals surface area contributed by atoms with Gasteiger partial charge in [0.15, 0.2) is 5.65 Å². The molecule has 0 saturated heterocycles. The van der Waals surface area contributed by atoms with E-state index in [9.17, 15) is 13.2 Å². The molecular formula is C26H21N5O5S. The average molecular weight is 516 g/mol. The van der Waals surface area contributed by atoms with Crippen LogP contribution in [0.4, 0.5) is 0 Å². The number of hydrogen-bond acceptors (Lipinski definition) is 8. The highest BCUT2D eigenvalue weighted by Crippen LogP contribution is 2.28. The maximum atomic E-state index is 13.0. The van der Waals surface area contributed by atoms with Gasteiger partial charge in [-0.2, -0.15) is 5.10 Å². The van der Waals surface area contributed by atoms with Gasteiger partial charge in [-0.15, -0.1) is 0 Å². The van der Waals surface area contributed by atoms with Crippen LogP contribution < -0.4 is 4.74 Å². The summed E-state index contributed by atoms with van der Waals surface area (Å²) < 4.78 is 33.8. The number of aryl methyl sites for hydroxylation is 1. The van der Waals surface area contributed by atoms with E-state index in [1.165, 1.54) is 30.5 Å². The SMILES string of the molecule is CN(OC(=O)c1cnc2c(c1)c(-c1ccccc1)nn2C)S(=O)(=O)c1ccc(Oc2ccncc2)cc1. The van der Waals surface area contributed by atoms with E-state index in [0.29, 0.717) is 32.7 Å². The van der Waals surface area contributed by atoms with Crippen molar-refractivity contribution >= 4 is 27.0 Å². The Hall–Kier alpha value is -4.61. The predicted octanol–water partition coefficient (Wildman–Crippen LogP) is 4.22. The van der Waals surface area contributed by atoms with Crippen LogP contribution in [0, 0.1) is 0 Å². The molecule has 5 rings (SSSR count). The molecule has 0 fully saturated rings. The highest BCUT2D eigenvalue weighted by atomic mass is 32.2. The molecule has 0 spiro atoms. The lowest BCUT2D eigenvalue weighted by Gasteiger charge is -2.16. The fourth-order valence-electron chi connectivity index (χ4n) is 3.65. The predicted molar refractivity (Wildman–Crippen MR) is 135 cm³/mol. The Morgan fingerprint density at radius 2 is 1.62 bits per heavy atom. The van der Waals surface area contributed by atoms with Crippen molar-refractivity contribution in [1.82, 2.24) is 24.2 Å². The lowest BCUT2D eigenvalue weighted by atomic mass is 10.1. The first-order chi connectivity index (χ1) is 17.8. The van der Waals surface area contributed by atoms with E-state index in [2.05, 4.69) is 15.1 Å². The molecule has 0 saturated carbocycles. The highest BCUT2D eigenvalue weighted by molar-refractivity contribution is 7.89. The summed E-state index contributed by atoms with van der Waals surface area (Å²) in [5.41, 5.74) is 2.16. The topological polar surface area (TPSA) is 117 Å². The summed E-state index contributed by atoms with van der Waals surface area (Å²) in [5, 5.41) is 5.15. The van der Waals surface area contributed by atoms with Gasteiger partial charge < -0.3 is 9.57 Å². The summed E-state index contributed by atoms with van der Waals surface area (Å²) in [4.78, 5) is 26.2. The Labute approximate surface area is 212 Å². The van der Waals surface area contributed by atoms with Gasteiger partial charge in [-0.3, -0.25) is 4.98 Å². The van der Waals surface area contributed by atoms with E-state index in [4.69, 9.17) is 9.57 Å².